The van der Waals surface area contributed by atoms with E-state index in [1.54, 1.807) is 19.1 Å². The minimum Gasteiger partial charge on any atom is -0.391 e. The predicted molar refractivity (Wildman–Crippen MR) is 122 cm³/mol. The second-order valence-corrected chi connectivity index (χ2v) is 8.74. The van der Waals surface area contributed by atoms with Crippen LogP contribution < -0.4 is 5.32 Å². The van der Waals surface area contributed by atoms with E-state index in [0.29, 0.717) is 18.7 Å². The molecule has 0 saturated carbocycles. The summed E-state index contributed by atoms with van der Waals surface area (Å²) in [6.07, 6.45) is 1.25. The van der Waals surface area contributed by atoms with E-state index >= 15 is 0 Å². The van der Waals surface area contributed by atoms with Crippen molar-refractivity contribution >= 4 is 28.6 Å². The lowest BCUT2D eigenvalue weighted by Gasteiger charge is -2.30. The Bertz CT molecular complexity index is 1240. The average Bonchev–Trinajstić information content (AvgIpc) is 3.52. The molecule has 5 rings (SSSR count). The minimum atomic E-state index is -0.781. The van der Waals surface area contributed by atoms with Crippen molar-refractivity contribution in [2.24, 2.45) is 0 Å². The third-order valence-electron chi connectivity index (χ3n) is 6.67. The largest absolute Gasteiger partial charge is 0.391 e. The molecule has 3 aromatic rings. The summed E-state index contributed by atoms with van der Waals surface area (Å²) < 4.78 is 0. The van der Waals surface area contributed by atoms with Gasteiger partial charge in [0.15, 0.2) is 0 Å². The van der Waals surface area contributed by atoms with Crippen molar-refractivity contribution in [2.75, 3.05) is 6.54 Å². The first-order valence-corrected chi connectivity index (χ1v) is 11.1. The Morgan fingerprint density at radius 3 is 2.76 bits per heavy atom. The molecule has 0 bridgehead atoms. The van der Waals surface area contributed by atoms with Crippen LogP contribution in [-0.4, -0.2) is 62.3 Å². The van der Waals surface area contributed by atoms with Gasteiger partial charge >= 0.3 is 0 Å². The van der Waals surface area contributed by atoms with Gasteiger partial charge in [-0.25, -0.2) is 0 Å². The van der Waals surface area contributed by atoms with E-state index in [1.165, 1.54) is 9.80 Å². The van der Waals surface area contributed by atoms with Gasteiger partial charge in [-0.2, -0.15) is 0 Å². The van der Waals surface area contributed by atoms with Crippen molar-refractivity contribution in [3.8, 4) is 0 Å². The van der Waals surface area contributed by atoms with Gasteiger partial charge in [-0.05, 0) is 30.2 Å². The molecular formula is C25H26N4O4. The fourth-order valence-corrected chi connectivity index (χ4v) is 4.85. The zero-order chi connectivity index (χ0) is 23.1. The number of amides is 3. The van der Waals surface area contributed by atoms with Gasteiger partial charge in [0.05, 0.1) is 6.10 Å². The average molecular weight is 447 g/mol. The van der Waals surface area contributed by atoms with Crippen LogP contribution in [0.25, 0.3) is 10.9 Å². The number of nitrogens with zero attached hydrogens (tertiary/aromatic N) is 2. The van der Waals surface area contributed by atoms with Crippen molar-refractivity contribution in [3.63, 3.8) is 0 Å². The number of fused-ring (bicyclic) bond motifs is 2. The van der Waals surface area contributed by atoms with Gasteiger partial charge in [0.1, 0.15) is 12.1 Å². The molecule has 8 nitrogen and oxygen atoms in total. The van der Waals surface area contributed by atoms with E-state index in [9.17, 15) is 19.5 Å². The first-order valence-electron chi connectivity index (χ1n) is 11.1. The van der Waals surface area contributed by atoms with Crippen molar-refractivity contribution in [1.29, 1.82) is 0 Å². The Balaban J connectivity index is 1.28. The van der Waals surface area contributed by atoms with E-state index < -0.39 is 18.2 Å². The molecular weight excluding hydrogens is 420 g/mol. The number of H-pyrrole nitrogens is 1. The van der Waals surface area contributed by atoms with Crippen LogP contribution in [0.4, 0.5) is 0 Å². The van der Waals surface area contributed by atoms with E-state index in [2.05, 4.69) is 10.3 Å². The third kappa shape index (κ3) is 3.76. The Hall–Kier alpha value is -3.65. The molecule has 0 aliphatic carbocycles. The second kappa shape index (κ2) is 8.37. The number of hydrogen-bond donors (Lipinski definition) is 3. The molecule has 1 saturated heterocycles. The zero-order valence-corrected chi connectivity index (χ0v) is 18.3. The van der Waals surface area contributed by atoms with E-state index in [1.807, 2.05) is 42.6 Å². The number of aliphatic hydroxyl groups is 1. The van der Waals surface area contributed by atoms with Gasteiger partial charge in [0.25, 0.3) is 5.91 Å². The molecule has 3 atom stereocenters. The van der Waals surface area contributed by atoms with Gasteiger partial charge in [0, 0.05) is 48.7 Å². The summed E-state index contributed by atoms with van der Waals surface area (Å²) in [4.78, 5) is 45.3. The molecule has 2 aromatic carbocycles. The summed E-state index contributed by atoms with van der Waals surface area (Å²) in [5.74, 6) is -0.833. The SMILES string of the molecule is C[C@@H](C(=O)N1CC(O)CC1C(=O)NCc1c[nH]c2ccccc12)N1Cc2ccccc2C1=O. The normalized spacial score (nSPS) is 20.8. The molecule has 170 valence electrons. The van der Waals surface area contributed by atoms with Gasteiger partial charge in [-0.1, -0.05) is 36.4 Å². The molecule has 33 heavy (non-hydrogen) atoms. The molecule has 3 amide bonds. The number of para-hydroxylation sites is 1. The number of benzene rings is 2. The summed E-state index contributed by atoms with van der Waals surface area (Å²) in [7, 11) is 0. The van der Waals surface area contributed by atoms with E-state index in [0.717, 1.165) is 22.0 Å². The van der Waals surface area contributed by atoms with Crippen LogP contribution in [0.5, 0.6) is 0 Å². The maximum Gasteiger partial charge on any atom is 0.255 e. The number of β-amino-alcohol motifs (C(OH)–C–C–N with tert-alkyl or cyclic N) is 1. The van der Waals surface area contributed by atoms with Gasteiger partial charge in [-0.15, -0.1) is 0 Å². The molecule has 0 radical (unpaired) electrons. The summed E-state index contributed by atoms with van der Waals surface area (Å²) in [5.41, 5.74) is 3.42. The fraction of sp³-hybridized carbons (Fsp3) is 0.320. The Kier molecular flexibility index (Phi) is 5.38. The van der Waals surface area contributed by atoms with Crippen molar-refractivity contribution in [2.45, 2.75) is 44.6 Å². The summed E-state index contributed by atoms with van der Waals surface area (Å²) >= 11 is 0. The maximum absolute atomic E-state index is 13.3. The molecule has 2 unspecified atom stereocenters. The van der Waals surface area contributed by atoms with Crippen molar-refractivity contribution in [3.05, 3.63) is 71.4 Å². The Morgan fingerprint density at radius 2 is 1.94 bits per heavy atom. The van der Waals surface area contributed by atoms with Gasteiger partial charge in [-0.3, -0.25) is 14.4 Å². The monoisotopic (exact) mass is 446 g/mol. The number of carbonyl (C=O) groups excluding carboxylic acids is 3. The van der Waals surface area contributed by atoms with E-state index in [4.69, 9.17) is 0 Å². The first kappa shape index (κ1) is 21.2. The molecule has 3 heterocycles. The Morgan fingerprint density at radius 1 is 1.18 bits per heavy atom. The van der Waals surface area contributed by atoms with Crippen LogP contribution in [0.1, 0.15) is 34.8 Å². The molecule has 0 spiro atoms. The third-order valence-corrected chi connectivity index (χ3v) is 6.67. The number of hydrogen-bond acceptors (Lipinski definition) is 4. The van der Waals surface area contributed by atoms with Crippen molar-refractivity contribution in [1.82, 2.24) is 20.1 Å². The fourth-order valence-electron chi connectivity index (χ4n) is 4.85. The summed E-state index contributed by atoms with van der Waals surface area (Å²) in [5, 5.41) is 14.2. The van der Waals surface area contributed by atoms with Gasteiger partial charge in [0.2, 0.25) is 11.8 Å². The number of aromatic nitrogens is 1. The highest BCUT2D eigenvalue weighted by Crippen LogP contribution is 2.27. The van der Waals surface area contributed by atoms with Crippen LogP contribution in [-0.2, 0) is 22.7 Å². The van der Waals surface area contributed by atoms with E-state index in [-0.39, 0.29) is 30.7 Å². The number of aromatic amines is 1. The van der Waals surface area contributed by atoms with Crippen LogP contribution in [0.15, 0.2) is 54.7 Å². The number of carbonyl (C=O) groups is 3. The lowest BCUT2D eigenvalue weighted by Crippen LogP contribution is -2.52. The molecule has 3 N–H and O–H groups in total. The molecule has 8 heteroatoms. The zero-order valence-electron chi connectivity index (χ0n) is 18.3. The van der Waals surface area contributed by atoms with Crippen LogP contribution >= 0.6 is 0 Å². The highest BCUT2D eigenvalue weighted by Gasteiger charge is 2.43. The lowest BCUT2D eigenvalue weighted by atomic mass is 10.1. The number of likely N-dealkylation sites (tertiary alicyclic amines) is 1. The lowest BCUT2D eigenvalue weighted by molar-refractivity contribution is -0.141. The predicted octanol–water partition coefficient (Wildman–Crippen LogP) is 1.79. The number of rotatable bonds is 5. The molecule has 2 aliphatic heterocycles. The number of aliphatic hydroxyl groups excluding tert-OH is 1. The quantitative estimate of drug-likeness (QED) is 0.556. The van der Waals surface area contributed by atoms with Crippen LogP contribution in [0.3, 0.4) is 0 Å². The minimum absolute atomic E-state index is 0.0727. The highest BCUT2D eigenvalue weighted by atomic mass is 16.3. The smallest absolute Gasteiger partial charge is 0.255 e. The highest BCUT2D eigenvalue weighted by molar-refractivity contribution is 6.01. The molecule has 1 fully saturated rings. The standard InChI is InChI=1S/C25H26N4O4/c1-15(28-13-16-6-2-3-8-20(16)25(28)33)24(32)29-14-18(30)10-22(29)23(31)27-12-17-11-26-21-9-5-4-7-19(17)21/h2-9,11,15,18,22,26,30H,10,12-14H2,1H3,(H,27,31)/t15-,18?,22?/m0/s1. The Labute approximate surface area is 191 Å². The number of nitrogens with one attached hydrogen (secondary N) is 2. The van der Waals surface area contributed by atoms with Crippen LogP contribution in [0.2, 0.25) is 0 Å². The maximum atomic E-state index is 13.3. The molecule has 2 aliphatic rings. The topological polar surface area (TPSA) is 106 Å². The second-order valence-electron chi connectivity index (χ2n) is 8.74. The van der Waals surface area contributed by atoms with Crippen molar-refractivity contribution < 1.29 is 19.5 Å². The first-order chi connectivity index (χ1) is 15.9. The summed E-state index contributed by atoms with van der Waals surface area (Å²) in [6.45, 7) is 2.42. The summed E-state index contributed by atoms with van der Waals surface area (Å²) in [6, 6.07) is 13.6. The van der Waals surface area contributed by atoms with Crippen LogP contribution in [0, 0.1) is 0 Å². The van der Waals surface area contributed by atoms with Gasteiger partial charge < -0.3 is 25.2 Å². The molecule has 1 aromatic heterocycles.